The molecule has 1 atom stereocenters. The van der Waals surface area contributed by atoms with Gasteiger partial charge in [0.2, 0.25) is 5.91 Å². The summed E-state index contributed by atoms with van der Waals surface area (Å²) in [7, 11) is 1.68. The summed E-state index contributed by atoms with van der Waals surface area (Å²) in [5.41, 5.74) is 1.92. The highest BCUT2D eigenvalue weighted by Gasteiger charge is 2.25. The number of carbonyl (C=O) groups excluding carboxylic acids is 1. The summed E-state index contributed by atoms with van der Waals surface area (Å²) in [6, 6.07) is 15.1. The number of hydrogen-bond donors (Lipinski definition) is 1. The first-order valence-electron chi connectivity index (χ1n) is 8.76. The van der Waals surface area contributed by atoms with E-state index in [9.17, 15) is 4.79 Å². The zero-order valence-corrected chi connectivity index (χ0v) is 15.9. The van der Waals surface area contributed by atoms with Gasteiger partial charge in [0, 0.05) is 48.6 Å². The van der Waals surface area contributed by atoms with Crippen LogP contribution < -0.4 is 15.0 Å². The zero-order chi connectivity index (χ0) is 18.5. The van der Waals surface area contributed by atoms with E-state index in [1.54, 1.807) is 19.2 Å². The summed E-state index contributed by atoms with van der Waals surface area (Å²) in [4.78, 5) is 17.0. The third-order valence-electron chi connectivity index (χ3n) is 4.77. The largest absolute Gasteiger partial charge is 0.497 e. The van der Waals surface area contributed by atoms with Crippen LogP contribution in [0.2, 0.25) is 5.02 Å². The van der Waals surface area contributed by atoms with E-state index in [2.05, 4.69) is 21.2 Å². The second-order valence-electron chi connectivity index (χ2n) is 6.40. The number of methoxy groups -OCH3 is 1. The number of carbonyl (C=O) groups is 1. The molecular weight excluding hydrogens is 350 g/mol. The molecule has 0 spiro atoms. The van der Waals surface area contributed by atoms with Gasteiger partial charge in [-0.3, -0.25) is 9.69 Å². The standard InChI is InChI=1S/C20H24ClN3O2/c1-15(20(25)22-17-8-6-16(21)7-9-17)23-10-12-24(13-11-23)18-4-3-5-19(14-18)26-2/h3-9,14-15H,10-13H2,1-2H3,(H,22,25). The lowest BCUT2D eigenvalue weighted by Gasteiger charge is -2.38. The third kappa shape index (κ3) is 4.48. The van der Waals surface area contributed by atoms with Crippen molar-refractivity contribution in [2.45, 2.75) is 13.0 Å². The first-order chi connectivity index (χ1) is 12.6. The Morgan fingerprint density at radius 2 is 1.81 bits per heavy atom. The van der Waals surface area contributed by atoms with E-state index >= 15 is 0 Å². The van der Waals surface area contributed by atoms with Crippen molar-refractivity contribution in [3.63, 3.8) is 0 Å². The fraction of sp³-hybridized carbons (Fsp3) is 0.350. The summed E-state index contributed by atoms with van der Waals surface area (Å²) in [6.07, 6.45) is 0. The molecule has 1 N–H and O–H groups in total. The van der Waals surface area contributed by atoms with E-state index < -0.39 is 0 Å². The van der Waals surface area contributed by atoms with Gasteiger partial charge in [-0.15, -0.1) is 0 Å². The molecule has 1 aliphatic rings. The Balaban J connectivity index is 1.55. The van der Waals surface area contributed by atoms with Crippen LogP contribution >= 0.6 is 11.6 Å². The first-order valence-corrected chi connectivity index (χ1v) is 9.14. The molecule has 1 unspecified atom stereocenters. The monoisotopic (exact) mass is 373 g/mol. The summed E-state index contributed by atoms with van der Waals surface area (Å²) in [6.45, 7) is 5.39. The van der Waals surface area contributed by atoms with E-state index in [-0.39, 0.29) is 11.9 Å². The average molecular weight is 374 g/mol. The van der Waals surface area contributed by atoms with Crippen molar-refractivity contribution < 1.29 is 9.53 Å². The van der Waals surface area contributed by atoms with Crippen LogP contribution in [0.25, 0.3) is 0 Å². The van der Waals surface area contributed by atoms with E-state index in [1.807, 2.05) is 37.3 Å². The minimum Gasteiger partial charge on any atom is -0.497 e. The summed E-state index contributed by atoms with van der Waals surface area (Å²) >= 11 is 5.88. The van der Waals surface area contributed by atoms with Crippen LogP contribution in [0, 0.1) is 0 Å². The molecule has 2 aromatic rings. The molecule has 1 aliphatic heterocycles. The summed E-state index contributed by atoms with van der Waals surface area (Å²) in [5, 5.41) is 3.61. The lowest BCUT2D eigenvalue weighted by atomic mass is 10.2. The highest BCUT2D eigenvalue weighted by Crippen LogP contribution is 2.22. The highest BCUT2D eigenvalue weighted by atomic mass is 35.5. The molecule has 0 bridgehead atoms. The van der Waals surface area contributed by atoms with Gasteiger partial charge in [-0.25, -0.2) is 0 Å². The highest BCUT2D eigenvalue weighted by molar-refractivity contribution is 6.30. The topological polar surface area (TPSA) is 44.8 Å². The maximum atomic E-state index is 12.5. The van der Waals surface area contributed by atoms with E-state index in [1.165, 1.54) is 0 Å². The van der Waals surface area contributed by atoms with Gasteiger partial charge >= 0.3 is 0 Å². The van der Waals surface area contributed by atoms with Gasteiger partial charge in [0.05, 0.1) is 13.2 Å². The number of anilines is 2. The molecule has 2 aromatic carbocycles. The van der Waals surface area contributed by atoms with Crippen molar-refractivity contribution in [1.29, 1.82) is 0 Å². The van der Waals surface area contributed by atoms with E-state index in [4.69, 9.17) is 16.3 Å². The van der Waals surface area contributed by atoms with Crippen molar-refractivity contribution >= 4 is 28.9 Å². The maximum Gasteiger partial charge on any atom is 0.241 e. The lowest BCUT2D eigenvalue weighted by molar-refractivity contribution is -0.120. The molecule has 0 saturated carbocycles. The molecule has 26 heavy (non-hydrogen) atoms. The molecule has 0 aliphatic carbocycles. The molecule has 6 heteroatoms. The van der Waals surface area contributed by atoms with Crippen LogP contribution in [0.3, 0.4) is 0 Å². The van der Waals surface area contributed by atoms with Crippen LogP contribution in [0.1, 0.15) is 6.92 Å². The van der Waals surface area contributed by atoms with E-state index in [0.29, 0.717) is 5.02 Å². The van der Waals surface area contributed by atoms with Gasteiger partial charge in [-0.1, -0.05) is 17.7 Å². The van der Waals surface area contributed by atoms with Crippen molar-refractivity contribution in [3.05, 3.63) is 53.6 Å². The number of nitrogens with zero attached hydrogens (tertiary/aromatic N) is 2. The number of benzene rings is 2. The predicted octanol–water partition coefficient (Wildman–Crippen LogP) is 3.50. The summed E-state index contributed by atoms with van der Waals surface area (Å²) in [5.74, 6) is 0.864. The molecule has 0 radical (unpaired) electrons. The molecule has 5 nitrogen and oxygen atoms in total. The normalized spacial score (nSPS) is 16.2. The van der Waals surface area contributed by atoms with Gasteiger partial charge in [-0.2, -0.15) is 0 Å². The Labute approximate surface area is 159 Å². The zero-order valence-electron chi connectivity index (χ0n) is 15.1. The Morgan fingerprint density at radius 3 is 2.46 bits per heavy atom. The van der Waals surface area contributed by atoms with Gasteiger partial charge < -0.3 is 15.0 Å². The minimum absolute atomic E-state index is 0.00199. The molecule has 138 valence electrons. The Morgan fingerprint density at radius 1 is 1.12 bits per heavy atom. The van der Waals surface area contributed by atoms with Gasteiger partial charge in [0.15, 0.2) is 0 Å². The Kier molecular flexibility index (Phi) is 6.01. The third-order valence-corrected chi connectivity index (χ3v) is 5.02. The van der Waals surface area contributed by atoms with Crippen molar-refractivity contribution in [2.24, 2.45) is 0 Å². The van der Waals surface area contributed by atoms with Crippen molar-refractivity contribution in [2.75, 3.05) is 43.5 Å². The molecule has 0 aromatic heterocycles. The quantitative estimate of drug-likeness (QED) is 0.871. The van der Waals surface area contributed by atoms with Crippen molar-refractivity contribution in [3.8, 4) is 5.75 Å². The number of amides is 1. The molecule has 1 amide bonds. The van der Waals surface area contributed by atoms with Crippen LogP contribution in [0.4, 0.5) is 11.4 Å². The second-order valence-corrected chi connectivity index (χ2v) is 6.83. The van der Waals surface area contributed by atoms with Crippen LogP contribution in [-0.2, 0) is 4.79 Å². The van der Waals surface area contributed by atoms with Crippen LogP contribution in [-0.4, -0.2) is 50.1 Å². The number of ether oxygens (including phenoxy) is 1. The number of rotatable bonds is 5. The van der Waals surface area contributed by atoms with E-state index in [0.717, 1.165) is 43.3 Å². The lowest BCUT2D eigenvalue weighted by Crippen LogP contribution is -2.52. The van der Waals surface area contributed by atoms with Crippen molar-refractivity contribution in [1.82, 2.24) is 4.90 Å². The number of piperazine rings is 1. The number of hydrogen-bond acceptors (Lipinski definition) is 4. The smallest absolute Gasteiger partial charge is 0.241 e. The molecule has 1 saturated heterocycles. The van der Waals surface area contributed by atoms with Crippen LogP contribution in [0.15, 0.2) is 48.5 Å². The molecule has 3 rings (SSSR count). The maximum absolute atomic E-state index is 12.5. The minimum atomic E-state index is -0.182. The van der Waals surface area contributed by atoms with Gasteiger partial charge in [0.1, 0.15) is 5.75 Å². The first kappa shape index (κ1) is 18.5. The fourth-order valence-corrected chi connectivity index (χ4v) is 3.25. The Hall–Kier alpha value is -2.24. The predicted molar refractivity (Wildman–Crippen MR) is 106 cm³/mol. The average Bonchev–Trinajstić information content (AvgIpc) is 2.69. The second kappa shape index (κ2) is 8.43. The number of nitrogens with one attached hydrogen (secondary N) is 1. The SMILES string of the molecule is COc1cccc(N2CCN(C(C)C(=O)Nc3ccc(Cl)cc3)CC2)c1. The molecule has 1 heterocycles. The number of halogens is 1. The fourth-order valence-electron chi connectivity index (χ4n) is 3.12. The molecular formula is C20H24ClN3O2. The van der Waals surface area contributed by atoms with Crippen LogP contribution in [0.5, 0.6) is 5.75 Å². The summed E-state index contributed by atoms with van der Waals surface area (Å²) < 4.78 is 5.30. The molecule has 1 fully saturated rings. The van der Waals surface area contributed by atoms with Gasteiger partial charge in [0.25, 0.3) is 0 Å². The van der Waals surface area contributed by atoms with Gasteiger partial charge in [-0.05, 0) is 43.3 Å². The Bertz CT molecular complexity index is 743.